The fourth-order valence-corrected chi connectivity index (χ4v) is 3.96. The number of nitrogens with one attached hydrogen (secondary N) is 2. The van der Waals surface area contributed by atoms with Crippen LogP contribution in [0.25, 0.3) is 5.82 Å². The number of amides is 1. The Labute approximate surface area is 176 Å². The van der Waals surface area contributed by atoms with Gasteiger partial charge in [-0.05, 0) is 50.5 Å². The summed E-state index contributed by atoms with van der Waals surface area (Å²) < 4.78 is 1.79. The first kappa shape index (κ1) is 20.1. The average molecular weight is 405 g/mol. The van der Waals surface area contributed by atoms with Crippen molar-refractivity contribution in [3.63, 3.8) is 0 Å². The zero-order valence-corrected chi connectivity index (χ0v) is 17.6. The number of rotatable bonds is 6. The van der Waals surface area contributed by atoms with Gasteiger partial charge in [0.05, 0.1) is 18.1 Å². The fourth-order valence-electron chi connectivity index (χ4n) is 3.96. The summed E-state index contributed by atoms with van der Waals surface area (Å²) in [5, 5.41) is 10.9. The van der Waals surface area contributed by atoms with Crippen LogP contribution in [0.4, 0.5) is 11.5 Å². The number of carbonyl (C=O) groups excluding carboxylic acids is 1. The van der Waals surface area contributed by atoms with Gasteiger partial charge in [-0.25, -0.2) is 9.67 Å². The lowest BCUT2D eigenvalue weighted by atomic mass is 9.88. The number of carbonyl (C=O) groups is 1. The van der Waals surface area contributed by atoms with E-state index in [0.29, 0.717) is 18.2 Å². The molecule has 0 aliphatic heterocycles. The molecule has 156 valence electrons. The Morgan fingerprint density at radius 3 is 2.73 bits per heavy atom. The van der Waals surface area contributed by atoms with Gasteiger partial charge in [0.1, 0.15) is 5.82 Å². The molecule has 2 heterocycles. The molecule has 4 rings (SSSR count). The van der Waals surface area contributed by atoms with Crippen LogP contribution in [-0.4, -0.2) is 25.7 Å². The largest absolute Gasteiger partial charge is 0.365 e. The molecule has 2 N–H and O–H groups in total. The molecule has 0 atom stereocenters. The average Bonchev–Trinajstić information content (AvgIpc) is 3.11. The van der Waals surface area contributed by atoms with Crippen LogP contribution in [0, 0.1) is 19.8 Å². The first-order valence-electron chi connectivity index (χ1n) is 10.6. The molecule has 1 aliphatic carbocycles. The van der Waals surface area contributed by atoms with E-state index in [-0.39, 0.29) is 11.8 Å². The molecule has 7 heteroatoms. The van der Waals surface area contributed by atoms with Crippen molar-refractivity contribution in [1.82, 2.24) is 19.7 Å². The number of aromatic nitrogens is 4. The third-order valence-corrected chi connectivity index (χ3v) is 5.49. The van der Waals surface area contributed by atoms with E-state index < -0.39 is 0 Å². The van der Waals surface area contributed by atoms with E-state index in [1.54, 1.807) is 17.1 Å². The molecule has 1 saturated carbocycles. The second-order valence-electron chi connectivity index (χ2n) is 7.98. The molecule has 1 amide bonds. The summed E-state index contributed by atoms with van der Waals surface area (Å²) in [4.78, 5) is 21.4. The Kier molecular flexibility index (Phi) is 6.07. The highest BCUT2D eigenvalue weighted by Gasteiger charge is 2.21. The van der Waals surface area contributed by atoms with Gasteiger partial charge in [0.2, 0.25) is 5.91 Å². The van der Waals surface area contributed by atoms with Crippen molar-refractivity contribution in [2.75, 3.05) is 10.6 Å². The molecule has 0 saturated heterocycles. The molecule has 1 aromatic carbocycles. The molecule has 0 unspecified atom stereocenters. The van der Waals surface area contributed by atoms with Crippen LogP contribution < -0.4 is 10.6 Å². The van der Waals surface area contributed by atoms with E-state index in [4.69, 9.17) is 0 Å². The standard InChI is InChI=1S/C23H28N6O/c1-16-11-17(2)29(28-16)22-15-24-14-21(27-22)25-13-18-7-6-10-20(12-18)26-23(30)19-8-4-3-5-9-19/h6-7,10-12,14-15,19H,3-5,8-9,13H2,1-2H3,(H,25,27)(H,26,30). The first-order chi connectivity index (χ1) is 14.6. The molecule has 0 bridgehead atoms. The zero-order valence-electron chi connectivity index (χ0n) is 17.6. The van der Waals surface area contributed by atoms with Gasteiger partial charge < -0.3 is 10.6 Å². The van der Waals surface area contributed by atoms with Crippen LogP contribution in [-0.2, 0) is 11.3 Å². The number of hydrogen-bond acceptors (Lipinski definition) is 5. The van der Waals surface area contributed by atoms with Crippen LogP contribution in [0.1, 0.15) is 49.1 Å². The maximum Gasteiger partial charge on any atom is 0.227 e. The lowest BCUT2D eigenvalue weighted by Crippen LogP contribution is -2.24. The normalized spacial score (nSPS) is 14.5. The predicted molar refractivity (Wildman–Crippen MR) is 118 cm³/mol. The highest BCUT2D eigenvalue weighted by atomic mass is 16.1. The lowest BCUT2D eigenvalue weighted by molar-refractivity contribution is -0.120. The Morgan fingerprint density at radius 1 is 1.13 bits per heavy atom. The van der Waals surface area contributed by atoms with Gasteiger partial charge in [0.15, 0.2) is 5.82 Å². The van der Waals surface area contributed by atoms with Gasteiger partial charge in [-0.3, -0.25) is 9.78 Å². The maximum atomic E-state index is 12.5. The van der Waals surface area contributed by atoms with Gasteiger partial charge in [-0.1, -0.05) is 31.4 Å². The highest BCUT2D eigenvalue weighted by molar-refractivity contribution is 5.92. The molecule has 3 aromatic rings. The first-order valence-corrected chi connectivity index (χ1v) is 10.6. The Morgan fingerprint density at radius 2 is 1.97 bits per heavy atom. The van der Waals surface area contributed by atoms with Gasteiger partial charge in [-0.2, -0.15) is 5.10 Å². The molecule has 1 fully saturated rings. The molecule has 0 radical (unpaired) electrons. The minimum Gasteiger partial charge on any atom is -0.365 e. The van der Waals surface area contributed by atoms with Crippen molar-refractivity contribution in [2.45, 2.75) is 52.5 Å². The summed E-state index contributed by atoms with van der Waals surface area (Å²) >= 11 is 0. The third-order valence-electron chi connectivity index (χ3n) is 5.49. The SMILES string of the molecule is Cc1cc(C)n(-c2cncc(NCc3cccc(NC(=O)C4CCCCC4)c3)n2)n1. The fraction of sp³-hybridized carbons (Fsp3) is 0.391. The second-order valence-corrected chi connectivity index (χ2v) is 7.98. The van der Waals surface area contributed by atoms with Gasteiger partial charge in [0, 0.05) is 23.8 Å². The van der Waals surface area contributed by atoms with Crippen LogP contribution in [0.2, 0.25) is 0 Å². The summed E-state index contributed by atoms with van der Waals surface area (Å²) in [6.45, 7) is 4.54. The number of aryl methyl sites for hydroxylation is 2. The van der Waals surface area contributed by atoms with Crippen molar-refractivity contribution < 1.29 is 4.79 Å². The predicted octanol–water partition coefficient (Wildman–Crippen LogP) is 4.41. The molecule has 7 nitrogen and oxygen atoms in total. The van der Waals surface area contributed by atoms with Crippen molar-refractivity contribution in [3.05, 3.63) is 59.7 Å². The molecular weight excluding hydrogens is 376 g/mol. The molecule has 2 aromatic heterocycles. The molecule has 0 spiro atoms. The van der Waals surface area contributed by atoms with Crippen LogP contribution in [0.15, 0.2) is 42.7 Å². The maximum absolute atomic E-state index is 12.5. The Hall–Kier alpha value is -3.22. The minimum atomic E-state index is 0.142. The summed E-state index contributed by atoms with van der Waals surface area (Å²) in [7, 11) is 0. The van der Waals surface area contributed by atoms with E-state index in [2.05, 4.69) is 25.7 Å². The van der Waals surface area contributed by atoms with Crippen molar-refractivity contribution in [1.29, 1.82) is 0 Å². The summed E-state index contributed by atoms with van der Waals surface area (Å²) in [5.41, 5.74) is 3.86. The van der Waals surface area contributed by atoms with E-state index in [1.165, 1.54) is 6.42 Å². The number of anilines is 2. The Balaban J connectivity index is 1.39. The van der Waals surface area contributed by atoms with E-state index >= 15 is 0 Å². The summed E-state index contributed by atoms with van der Waals surface area (Å²) in [6.07, 6.45) is 8.94. The van der Waals surface area contributed by atoms with Crippen molar-refractivity contribution >= 4 is 17.4 Å². The smallest absolute Gasteiger partial charge is 0.227 e. The minimum absolute atomic E-state index is 0.142. The van der Waals surface area contributed by atoms with Gasteiger partial charge in [0.25, 0.3) is 0 Å². The summed E-state index contributed by atoms with van der Waals surface area (Å²) in [6, 6.07) is 9.95. The van der Waals surface area contributed by atoms with Crippen LogP contribution >= 0.6 is 0 Å². The number of benzene rings is 1. The lowest BCUT2D eigenvalue weighted by Gasteiger charge is -2.20. The summed E-state index contributed by atoms with van der Waals surface area (Å²) in [5.74, 6) is 1.65. The third kappa shape index (κ3) is 4.84. The highest BCUT2D eigenvalue weighted by Crippen LogP contribution is 2.25. The van der Waals surface area contributed by atoms with Crippen molar-refractivity contribution in [2.24, 2.45) is 5.92 Å². The van der Waals surface area contributed by atoms with Crippen molar-refractivity contribution in [3.8, 4) is 5.82 Å². The number of nitrogens with zero attached hydrogens (tertiary/aromatic N) is 4. The van der Waals surface area contributed by atoms with Crippen LogP contribution in [0.5, 0.6) is 0 Å². The number of hydrogen-bond donors (Lipinski definition) is 2. The van der Waals surface area contributed by atoms with Gasteiger partial charge in [-0.15, -0.1) is 0 Å². The van der Waals surface area contributed by atoms with Gasteiger partial charge >= 0.3 is 0 Å². The zero-order chi connectivity index (χ0) is 20.9. The Bertz CT molecular complexity index is 1020. The molecular formula is C23H28N6O. The molecule has 30 heavy (non-hydrogen) atoms. The van der Waals surface area contributed by atoms with E-state index in [0.717, 1.165) is 48.3 Å². The van der Waals surface area contributed by atoms with E-state index in [1.807, 2.05) is 44.2 Å². The van der Waals surface area contributed by atoms with Crippen LogP contribution in [0.3, 0.4) is 0 Å². The monoisotopic (exact) mass is 404 g/mol. The van der Waals surface area contributed by atoms with E-state index in [9.17, 15) is 4.79 Å². The topological polar surface area (TPSA) is 84.7 Å². The second kappa shape index (κ2) is 9.07. The quantitative estimate of drug-likeness (QED) is 0.636. The molecule has 1 aliphatic rings.